The number of benzene rings is 1. The lowest BCUT2D eigenvalue weighted by Crippen LogP contribution is -2.01. The van der Waals surface area contributed by atoms with Crippen LogP contribution in [0.1, 0.15) is 12.6 Å². The van der Waals surface area contributed by atoms with Gasteiger partial charge in [0, 0.05) is 35.8 Å². The first kappa shape index (κ1) is 13.9. The zero-order valence-corrected chi connectivity index (χ0v) is 12.0. The third-order valence-corrected chi connectivity index (χ3v) is 3.41. The van der Waals surface area contributed by atoms with Gasteiger partial charge in [0.25, 0.3) is 5.69 Å². The van der Waals surface area contributed by atoms with Crippen molar-refractivity contribution in [2.45, 2.75) is 13.3 Å². The summed E-state index contributed by atoms with van der Waals surface area (Å²) in [6.45, 7) is 2.05. The first-order valence-corrected chi connectivity index (χ1v) is 6.93. The molecule has 0 saturated carbocycles. The number of pyridine rings is 1. The van der Waals surface area contributed by atoms with Crippen LogP contribution in [0.4, 0.5) is 5.69 Å². The Kier molecular flexibility index (Phi) is 3.65. The molecule has 0 atom stereocenters. The van der Waals surface area contributed by atoms with E-state index in [4.69, 9.17) is 0 Å². The molecule has 0 saturated heterocycles. The quantitative estimate of drug-likeness (QED) is 0.546. The van der Waals surface area contributed by atoms with E-state index in [2.05, 4.69) is 10.1 Å². The van der Waals surface area contributed by atoms with Crippen molar-refractivity contribution in [3.8, 4) is 16.9 Å². The van der Waals surface area contributed by atoms with E-state index in [1.54, 1.807) is 24.5 Å². The molecule has 3 rings (SSSR count). The van der Waals surface area contributed by atoms with Gasteiger partial charge in [0.1, 0.15) is 0 Å². The molecule has 0 spiro atoms. The third-order valence-electron chi connectivity index (χ3n) is 3.41. The number of hydrogen-bond donors (Lipinski definition) is 0. The van der Waals surface area contributed by atoms with E-state index in [9.17, 15) is 10.1 Å². The molecule has 2 heterocycles. The highest BCUT2D eigenvalue weighted by atomic mass is 16.6. The average Bonchev–Trinajstić information content (AvgIpc) is 3.00. The van der Waals surface area contributed by atoms with Crippen molar-refractivity contribution in [1.82, 2.24) is 14.8 Å². The van der Waals surface area contributed by atoms with Crippen LogP contribution in [0, 0.1) is 10.1 Å². The summed E-state index contributed by atoms with van der Waals surface area (Å²) in [7, 11) is 0. The molecule has 22 heavy (non-hydrogen) atoms. The molecule has 0 bridgehead atoms. The van der Waals surface area contributed by atoms with E-state index in [-0.39, 0.29) is 5.69 Å². The molecule has 6 nitrogen and oxygen atoms in total. The van der Waals surface area contributed by atoms with Crippen LogP contribution in [0.3, 0.4) is 0 Å². The van der Waals surface area contributed by atoms with E-state index in [0.717, 1.165) is 29.1 Å². The van der Waals surface area contributed by atoms with Crippen LogP contribution in [0.15, 0.2) is 54.9 Å². The van der Waals surface area contributed by atoms with Crippen molar-refractivity contribution in [2.75, 3.05) is 0 Å². The van der Waals surface area contributed by atoms with E-state index in [1.165, 1.54) is 12.1 Å². The molecule has 0 aliphatic heterocycles. The Balaban J connectivity index is 2.03. The van der Waals surface area contributed by atoms with Crippen molar-refractivity contribution < 1.29 is 4.92 Å². The Morgan fingerprint density at radius 3 is 2.59 bits per heavy atom. The van der Waals surface area contributed by atoms with E-state index >= 15 is 0 Å². The first-order valence-electron chi connectivity index (χ1n) is 6.93. The van der Waals surface area contributed by atoms with Crippen molar-refractivity contribution in [3.63, 3.8) is 0 Å². The fraction of sp³-hybridized carbons (Fsp3) is 0.125. The summed E-state index contributed by atoms with van der Waals surface area (Å²) in [5.41, 5.74) is 3.69. The van der Waals surface area contributed by atoms with Gasteiger partial charge in [-0.1, -0.05) is 6.92 Å². The molecule has 0 radical (unpaired) electrons. The van der Waals surface area contributed by atoms with Gasteiger partial charge in [-0.05, 0) is 36.8 Å². The molecule has 0 aliphatic rings. The van der Waals surface area contributed by atoms with Crippen molar-refractivity contribution in [3.05, 3.63) is 70.7 Å². The standard InChI is InChI=1S/C16H14N4O2/c1-2-13-10-16(12-4-3-9-17-11-12)18-19(13)14-5-7-15(8-6-14)20(21)22/h3-11H,2H2,1H3. The van der Waals surface area contributed by atoms with E-state index in [1.807, 2.05) is 29.8 Å². The Bertz CT molecular complexity index is 795. The van der Waals surface area contributed by atoms with Crippen LogP contribution < -0.4 is 0 Å². The van der Waals surface area contributed by atoms with Gasteiger partial charge in [-0.2, -0.15) is 5.10 Å². The number of nitro groups is 1. The summed E-state index contributed by atoms with van der Waals surface area (Å²) < 4.78 is 1.81. The highest BCUT2D eigenvalue weighted by molar-refractivity contribution is 5.59. The second kappa shape index (κ2) is 5.77. The molecule has 0 aliphatic carbocycles. The Labute approximate surface area is 127 Å². The number of nitrogens with zero attached hydrogens (tertiary/aromatic N) is 4. The predicted octanol–water partition coefficient (Wildman–Crippen LogP) is 3.40. The lowest BCUT2D eigenvalue weighted by molar-refractivity contribution is -0.384. The van der Waals surface area contributed by atoms with Gasteiger partial charge in [-0.15, -0.1) is 0 Å². The van der Waals surface area contributed by atoms with Crippen LogP contribution in [0.25, 0.3) is 16.9 Å². The molecule has 6 heteroatoms. The minimum atomic E-state index is -0.408. The first-order chi connectivity index (χ1) is 10.7. The highest BCUT2D eigenvalue weighted by Crippen LogP contribution is 2.22. The maximum atomic E-state index is 10.7. The number of hydrogen-bond acceptors (Lipinski definition) is 4. The molecule has 0 N–H and O–H groups in total. The molecule has 0 amide bonds. The summed E-state index contributed by atoms with van der Waals surface area (Å²) in [6.07, 6.45) is 4.30. The van der Waals surface area contributed by atoms with E-state index in [0.29, 0.717) is 0 Å². The van der Waals surface area contributed by atoms with Crippen molar-refractivity contribution >= 4 is 5.69 Å². The Morgan fingerprint density at radius 1 is 1.23 bits per heavy atom. The van der Waals surface area contributed by atoms with Crippen LogP contribution in [0.2, 0.25) is 0 Å². The monoisotopic (exact) mass is 294 g/mol. The van der Waals surface area contributed by atoms with Crippen LogP contribution >= 0.6 is 0 Å². The molecule has 2 aromatic heterocycles. The van der Waals surface area contributed by atoms with Gasteiger partial charge in [-0.25, -0.2) is 4.68 Å². The Morgan fingerprint density at radius 2 is 2.00 bits per heavy atom. The SMILES string of the molecule is CCc1cc(-c2cccnc2)nn1-c1ccc([N+](=O)[O-])cc1. The third kappa shape index (κ3) is 2.58. The second-order valence-corrected chi connectivity index (χ2v) is 4.80. The van der Waals surface area contributed by atoms with Crippen LogP contribution in [-0.2, 0) is 6.42 Å². The van der Waals surface area contributed by atoms with Gasteiger partial charge >= 0.3 is 0 Å². The topological polar surface area (TPSA) is 73.8 Å². The highest BCUT2D eigenvalue weighted by Gasteiger charge is 2.11. The number of nitro benzene ring substituents is 1. The fourth-order valence-electron chi connectivity index (χ4n) is 2.27. The smallest absolute Gasteiger partial charge is 0.264 e. The second-order valence-electron chi connectivity index (χ2n) is 4.80. The maximum Gasteiger partial charge on any atom is 0.269 e. The zero-order valence-electron chi connectivity index (χ0n) is 12.0. The van der Waals surface area contributed by atoms with Crippen molar-refractivity contribution in [2.24, 2.45) is 0 Å². The van der Waals surface area contributed by atoms with Crippen LogP contribution in [-0.4, -0.2) is 19.7 Å². The summed E-state index contributed by atoms with van der Waals surface area (Å²) in [4.78, 5) is 14.4. The summed E-state index contributed by atoms with van der Waals surface area (Å²) in [6, 6.07) is 12.2. The largest absolute Gasteiger partial charge is 0.269 e. The number of rotatable bonds is 4. The predicted molar refractivity (Wildman–Crippen MR) is 82.8 cm³/mol. The van der Waals surface area contributed by atoms with E-state index < -0.39 is 4.92 Å². The summed E-state index contributed by atoms with van der Waals surface area (Å²) in [5, 5.41) is 15.3. The lowest BCUT2D eigenvalue weighted by atomic mass is 10.2. The molecule has 110 valence electrons. The zero-order chi connectivity index (χ0) is 15.5. The number of aromatic nitrogens is 3. The van der Waals surface area contributed by atoms with Crippen LogP contribution in [0.5, 0.6) is 0 Å². The van der Waals surface area contributed by atoms with Gasteiger partial charge < -0.3 is 0 Å². The summed E-state index contributed by atoms with van der Waals surface area (Å²) >= 11 is 0. The molecule has 3 aromatic rings. The van der Waals surface area contributed by atoms with Gasteiger partial charge in [-0.3, -0.25) is 15.1 Å². The Hall–Kier alpha value is -3.02. The van der Waals surface area contributed by atoms with Gasteiger partial charge in [0.15, 0.2) is 0 Å². The molecule has 1 aromatic carbocycles. The normalized spacial score (nSPS) is 10.6. The molecule has 0 fully saturated rings. The maximum absolute atomic E-state index is 10.7. The number of aryl methyl sites for hydroxylation is 1. The summed E-state index contributed by atoms with van der Waals surface area (Å²) in [5.74, 6) is 0. The van der Waals surface area contributed by atoms with Gasteiger partial charge in [0.2, 0.25) is 0 Å². The molecule has 0 unspecified atom stereocenters. The fourth-order valence-corrected chi connectivity index (χ4v) is 2.27. The minimum Gasteiger partial charge on any atom is -0.264 e. The lowest BCUT2D eigenvalue weighted by Gasteiger charge is -2.05. The minimum absolute atomic E-state index is 0.0708. The van der Waals surface area contributed by atoms with Crippen molar-refractivity contribution in [1.29, 1.82) is 0 Å². The molecular formula is C16H14N4O2. The average molecular weight is 294 g/mol. The number of non-ortho nitro benzene ring substituents is 1. The van der Waals surface area contributed by atoms with Gasteiger partial charge in [0.05, 0.1) is 16.3 Å². The molecular weight excluding hydrogens is 280 g/mol.